The molecule has 7 heteroatoms. The molecule has 0 bridgehead atoms. The minimum absolute atomic E-state index is 0.172. The van der Waals surface area contributed by atoms with Crippen LogP contribution >= 0.6 is 23.1 Å². The summed E-state index contributed by atoms with van der Waals surface area (Å²) in [6.07, 6.45) is 0. The van der Waals surface area contributed by atoms with Gasteiger partial charge in [0.2, 0.25) is 5.95 Å². The van der Waals surface area contributed by atoms with Gasteiger partial charge in [0.15, 0.2) is 4.34 Å². The molecule has 0 radical (unpaired) electrons. The summed E-state index contributed by atoms with van der Waals surface area (Å²) in [4.78, 5) is 23.8. The lowest BCUT2D eigenvalue weighted by atomic mass is 10.2. The van der Waals surface area contributed by atoms with E-state index in [2.05, 4.69) is 26.3 Å². The summed E-state index contributed by atoms with van der Waals surface area (Å²) < 4.78 is 2.14. The first-order chi connectivity index (χ1) is 12.7. The number of nitrogens with zero attached hydrogens (tertiary/aromatic N) is 2. The first kappa shape index (κ1) is 16.8. The van der Waals surface area contributed by atoms with Crippen molar-refractivity contribution in [3.8, 4) is 0 Å². The lowest BCUT2D eigenvalue weighted by Crippen LogP contribution is -2.11. The highest BCUT2D eigenvalue weighted by Gasteiger charge is 2.07. The van der Waals surface area contributed by atoms with Crippen LogP contribution in [-0.4, -0.2) is 15.0 Å². The Hall–Kier alpha value is -2.64. The van der Waals surface area contributed by atoms with Gasteiger partial charge in [0.25, 0.3) is 5.56 Å². The van der Waals surface area contributed by atoms with Gasteiger partial charge < -0.3 is 5.32 Å². The van der Waals surface area contributed by atoms with Crippen molar-refractivity contribution >= 4 is 45.0 Å². The van der Waals surface area contributed by atoms with Crippen molar-refractivity contribution in [3.63, 3.8) is 0 Å². The zero-order valence-corrected chi connectivity index (χ0v) is 15.7. The average molecular weight is 380 g/mol. The van der Waals surface area contributed by atoms with E-state index in [1.165, 1.54) is 11.6 Å². The molecule has 0 fully saturated rings. The van der Waals surface area contributed by atoms with Crippen molar-refractivity contribution in [2.24, 2.45) is 0 Å². The number of thioether (sulfide) groups is 1. The number of aromatic amines is 1. The average Bonchev–Trinajstić information content (AvgIpc) is 3.04. The number of aromatic nitrogens is 3. The Kier molecular flexibility index (Phi) is 4.73. The smallest absolute Gasteiger partial charge is 0.252 e. The highest BCUT2D eigenvalue weighted by atomic mass is 32.2. The highest BCUT2D eigenvalue weighted by Crippen LogP contribution is 2.30. The van der Waals surface area contributed by atoms with Crippen molar-refractivity contribution in [1.82, 2.24) is 15.0 Å². The Balaban J connectivity index is 1.50. The Bertz CT molecular complexity index is 1070. The monoisotopic (exact) mass is 380 g/mol. The van der Waals surface area contributed by atoms with Gasteiger partial charge in [-0.25, -0.2) is 9.97 Å². The second-order valence-electron chi connectivity index (χ2n) is 5.81. The van der Waals surface area contributed by atoms with E-state index in [4.69, 9.17) is 0 Å². The van der Waals surface area contributed by atoms with E-state index < -0.39 is 0 Å². The van der Waals surface area contributed by atoms with Crippen LogP contribution in [0.15, 0.2) is 63.7 Å². The standard InChI is InChI=1S/C19H16N4OS2/c1-12-6-8-13(9-7-12)20-18-21-14(10-17(24)23-18)11-25-19-22-15-4-2-3-5-16(15)26-19/h2-10H,11H2,1H3,(H2,20,21,23,24). The Morgan fingerprint density at radius 3 is 2.73 bits per heavy atom. The number of hydrogen-bond acceptors (Lipinski definition) is 6. The molecule has 130 valence electrons. The van der Waals surface area contributed by atoms with Gasteiger partial charge in [-0.2, -0.15) is 0 Å². The molecule has 5 nitrogen and oxygen atoms in total. The zero-order chi connectivity index (χ0) is 17.9. The molecule has 0 aliphatic heterocycles. The summed E-state index contributed by atoms with van der Waals surface area (Å²) in [7, 11) is 0. The van der Waals surface area contributed by atoms with Gasteiger partial charge in [-0.05, 0) is 31.2 Å². The van der Waals surface area contributed by atoms with E-state index >= 15 is 0 Å². The minimum atomic E-state index is -0.172. The molecule has 0 saturated heterocycles. The van der Waals surface area contributed by atoms with Gasteiger partial charge in [-0.3, -0.25) is 9.78 Å². The summed E-state index contributed by atoms with van der Waals surface area (Å²) in [6.45, 7) is 2.03. The van der Waals surface area contributed by atoms with Crippen LogP contribution in [0.1, 0.15) is 11.3 Å². The van der Waals surface area contributed by atoms with E-state index in [0.717, 1.165) is 20.2 Å². The molecule has 0 spiro atoms. The summed E-state index contributed by atoms with van der Waals surface area (Å²) in [5, 5.41) is 3.14. The number of thiazole rings is 1. The Labute approximate surface area is 158 Å². The first-order valence-corrected chi connectivity index (χ1v) is 9.88. The predicted octanol–water partition coefficient (Wildman–Crippen LogP) is 4.72. The number of aryl methyl sites for hydroxylation is 1. The molecule has 0 atom stereocenters. The van der Waals surface area contributed by atoms with E-state index in [0.29, 0.717) is 17.4 Å². The van der Waals surface area contributed by atoms with Gasteiger partial charge in [0.1, 0.15) is 0 Å². The largest absolute Gasteiger partial charge is 0.326 e. The van der Waals surface area contributed by atoms with Crippen molar-refractivity contribution in [2.45, 2.75) is 17.0 Å². The van der Waals surface area contributed by atoms with Crippen molar-refractivity contribution in [1.29, 1.82) is 0 Å². The maximum absolute atomic E-state index is 11.9. The highest BCUT2D eigenvalue weighted by molar-refractivity contribution is 8.00. The molecule has 2 N–H and O–H groups in total. The van der Waals surface area contributed by atoms with Crippen LogP contribution in [0.2, 0.25) is 0 Å². The van der Waals surface area contributed by atoms with Gasteiger partial charge >= 0.3 is 0 Å². The summed E-state index contributed by atoms with van der Waals surface area (Å²) in [5.74, 6) is 1.04. The maximum atomic E-state index is 11.9. The van der Waals surface area contributed by atoms with Gasteiger partial charge in [-0.15, -0.1) is 11.3 Å². The lowest BCUT2D eigenvalue weighted by molar-refractivity contribution is 1.06. The van der Waals surface area contributed by atoms with Crippen LogP contribution < -0.4 is 10.9 Å². The third kappa shape index (κ3) is 3.95. The minimum Gasteiger partial charge on any atom is -0.326 e. The molecule has 26 heavy (non-hydrogen) atoms. The van der Waals surface area contributed by atoms with Crippen LogP contribution in [0.25, 0.3) is 10.2 Å². The van der Waals surface area contributed by atoms with E-state index in [1.54, 1.807) is 23.1 Å². The van der Waals surface area contributed by atoms with Gasteiger partial charge in [-0.1, -0.05) is 41.6 Å². The first-order valence-electron chi connectivity index (χ1n) is 8.08. The summed E-state index contributed by atoms with van der Waals surface area (Å²) in [6, 6.07) is 17.5. The van der Waals surface area contributed by atoms with Crippen LogP contribution in [0.3, 0.4) is 0 Å². The number of anilines is 2. The number of H-pyrrole nitrogens is 1. The quantitative estimate of drug-likeness (QED) is 0.490. The molecule has 0 amide bonds. The molecule has 0 aliphatic rings. The number of nitrogens with one attached hydrogen (secondary N) is 2. The van der Waals surface area contributed by atoms with Crippen molar-refractivity contribution in [3.05, 3.63) is 76.2 Å². The van der Waals surface area contributed by atoms with Crippen molar-refractivity contribution < 1.29 is 0 Å². The SMILES string of the molecule is Cc1ccc(Nc2nc(CSc3nc4ccccc4s3)cc(=O)[nH]2)cc1. The van der Waals surface area contributed by atoms with Crippen LogP contribution in [0.5, 0.6) is 0 Å². The number of para-hydroxylation sites is 1. The number of benzene rings is 2. The fourth-order valence-electron chi connectivity index (χ4n) is 2.46. The molecule has 0 saturated carbocycles. The van der Waals surface area contributed by atoms with Crippen LogP contribution in [0.4, 0.5) is 11.6 Å². The van der Waals surface area contributed by atoms with E-state index in [1.807, 2.05) is 49.4 Å². The summed E-state index contributed by atoms with van der Waals surface area (Å²) >= 11 is 3.24. The molecular weight excluding hydrogens is 364 g/mol. The van der Waals surface area contributed by atoms with Crippen molar-refractivity contribution in [2.75, 3.05) is 5.32 Å². The third-order valence-electron chi connectivity index (χ3n) is 3.73. The van der Waals surface area contributed by atoms with E-state index in [-0.39, 0.29) is 5.56 Å². The molecule has 0 aliphatic carbocycles. The Morgan fingerprint density at radius 1 is 1.12 bits per heavy atom. The van der Waals surface area contributed by atoms with Gasteiger partial charge in [0, 0.05) is 17.5 Å². The lowest BCUT2D eigenvalue weighted by Gasteiger charge is -2.07. The topological polar surface area (TPSA) is 70.7 Å². The maximum Gasteiger partial charge on any atom is 0.252 e. The van der Waals surface area contributed by atoms with Crippen LogP contribution in [0, 0.1) is 6.92 Å². The fraction of sp³-hybridized carbons (Fsp3) is 0.105. The molecule has 2 aromatic heterocycles. The van der Waals surface area contributed by atoms with Gasteiger partial charge in [0.05, 0.1) is 15.9 Å². The van der Waals surface area contributed by atoms with Crippen LogP contribution in [-0.2, 0) is 5.75 Å². The number of hydrogen-bond donors (Lipinski definition) is 2. The third-order valence-corrected chi connectivity index (χ3v) is 5.94. The molecule has 2 heterocycles. The molecule has 2 aromatic carbocycles. The fourth-order valence-corrected chi connectivity index (χ4v) is 4.42. The second-order valence-corrected chi connectivity index (χ2v) is 8.07. The number of rotatable bonds is 5. The molecule has 4 rings (SSSR count). The molecular formula is C19H16N4OS2. The zero-order valence-electron chi connectivity index (χ0n) is 14.0. The summed E-state index contributed by atoms with van der Waals surface area (Å²) in [5.41, 5.74) is 3.61. The predicted molar refractivity (Wildman–Crippen MR) is 109 cm³/mol. The molecule has 0 unspecified atom stereocenters. The van der Waals surface area contributed by atoms with E-state index in [9.17, 15) is 4.79 Å². The second kappa shape index (κ2) is 7.31. The Morgan fingerprint density at radius 2 is 1.92 bits per heavy atom. The normalized spacial score (nSPS) is 11.0. The number of fused-ring (bicyclic) bond motifs is 1. The molecule has 4 aromatic rings.